The van der Waals surface area contributed by atoms with E-state index in [1.165, 1.54) is 23.9 Å². The van der Waals surface area contributed by atoms with Crippen LogP contribution in [0.2, 0.25) is 0 Å². The molecule has 1 aromatic heterocycles. The van der Waals surface area contributed by atoms with Gasteiger partial charge in [-0.05, 0) is 50.2 Å². The van der Waals surface area contributed by atoms with Crippen LogP contribution < -0.4 is 5.32 Å². The van der Waals surface area contributed by atoms with Crippen LogP contribution in [-0.4, -0.2) is 26.3 Å². The number of rotatable bonds is 7. The van der Waals surface area contributed by atoms with Gasteiger partial charge in [0.25, 0.3) is 0 Å². The molecule has 134 valence electrons. The topological polar surface area (TPSA) is 59.8 Å². The number of nitrogens with zero attached hydrogens (tertiary/aromatic N) is 3. The molecule has 1 N–H and O–H groups in total. The molecule has 0 fully saturated rings. The van der Waals surface area contributed by atoms with E-state index in [4.69, 9.17) is 0 Å². The molecule has 5 nitrogen and oxygen atoms in total. The Hall–Kier alpha value is -2.67. The fraction of sp³-hybridized carbons (Fsp3) is 0.211. The third kappa shape index (κ3) is 4.49. The number of halogens is 1. The lowest BCUT2D eigenvalue weighted by Crippen LogP contribution is -2.09. The largest absolute Gasteiger partial charge is 0.378 e. The number of aryl methyl sites for hydroxylation is 1. The summed E-state index contributed by atoms with van der Waals surface area (Å²) >= 11 is 1.36. The highest BCUT2D eigenvalue weighted by molar-refractivity contribution is 7.99. The first-order valence-electron chi connectivity index (χ1n) is 8.16. The number of carbonyl (C=O) groups is 1. The van der Waals surface area contributed by atoms with Crippen LogP contribution >= 0.6 is 11.8 Å². The van der Waals surface area contributed by atoms with Crippen molar-refractivity contribution in [1.29, 1.82) is 0 Å². The van der Waals surface area contributed by atoms with E-state index in [0.717, 1.165) is 16.9 Å². The van der Waals surface area contributed by atoms with Gasteiger partial charge in [-0.3, -0.25) is 9.36 Å². The number of thioether (sulfide) groups is 1. The third-order valence-electron chi connectivity index (χ3n) is 3.69. The quantitative estimate of drug-likeness (QED) is 0.637. The SMILES string of the molecule is CC(=O)CSc1nnc(CNc2ccc(F)cc2)n1-c1ccc(C)cc1. The molecule has 0 unspecified atom stereocenters. The van der Waals surface area contributed by atoms with Gasteiger partial charge in [-0.25, -0.2) is 4.39 Å². The van der Waals surface area contributed by atoms with Gasteiger partial charge in [-0.2, -0.15) is 0 Å². The Morgan fingerprint density at radius 3 is 2.46 bits per heavy atom. The molecule has 0 aliphatic carbocycles. The van der Waals surface area contributed by atoms with Crippen LogP contribution in [0.25, 0.3) is 5.69 Å². The highest BCUT2D eigenvalue weighted by Crippen LogP contribution is 2.23. The van der Waals surface area contributed by atoms with E-state index >= 15 is 0 Å². The molecular formula is C19H19FN4OS. The third-order valence-corrected chi connectivity index (χ3v) is 4.77. The molecule has 0 aliphatic heterocycles. The van der Waals surface area contributed by atoms with Gasteiger partial charge in [0.15, 0.2) is 11.0 Å². The maximum atomic E-state index is 13.0. The van der Waals surface area contributed by atoms with Gasteiger partial charge < -0.3 is 5.32 Å². The van der Waals surface area contributed by atoms with Gasteiger partial charge in [-0.15, -0.1) is 10.2 Å². The summed E-state index contributed by atoms with van der Waals surface area (Å²) < 4.78 is 15.0. The average molecular weight is 370 g/mol. The van der Waals surface area contributed by atoms with Crippen molar-refractivity contribution in [3.8, 4) is 5.69 Å². The zero-order chi connectivity index (χ0) is 18.5. The predicted molar refractivity (Wildman–Crippen MR) is 101 cm³/mol. The lowest BCUT2D eigenvalue weighted by molar-refractivity contribution is -0.114. The second-order valence-electron chi connectivity index (χ2n) is 5.92. The van der Waals surface area contributed by atoms with Crippen LogP contribution in [0, 0.1) is 12.7 Å². The molecule has 1 heterocycles. The number of carbonyl (C=O) groups excluding carboxylic acids is 1. The summed E-state index contributed by atoms with van der Waals surface area (Å²) in [5.74, 6) is 0.861. The van der Waals surface area contributed by atoms with Crippen molar-refractivity contribution >= 4 is 23.2 Å². The van der Waals surface area contributed by atoms with E-state index < -0.39 is 0 Å². The number of aromatic nitrogens is 3. The van der Waals surface area contributed by atoms with Gasteiger partial charge >= 0.3 is 0 Å². The molecule has 0 saturated heterocycles. The molecule has 0 atom stereocenters. The number of anilines is 1. The maximum absolute atomic E-state index is 13.0. The molecule has 0 aliphatic rings. The summed E-state index contributed by atoms with van der Waals surface area (Å²) in [6, 6.07) is 14.2. The molecular weight excluding hydrogens is 351 g/mol. The Labute approximate surface area is 155 Å². The minimum absolute atomic E-state index is 0.0828. The first-order chi connectivity index (χ1) is 12.5. The number of benzene rings is 2. The Balaban J connectivity index is 1.87. The lowest BCUT2D eigenvalue weighted by atomic mass is 10.2. The van der Waals surface area contributed by atoms with Crippen LogP contribution in [0.5, 0.6) is 0 Å². The summed E-state index contributed by atoms with van der Waals surface area (Å²) in [6.07, 6.45) is 0. The lowest BCUT2D eigenvalue weighted by Gasteiger charge is -2.11. The molecule has 2 aromatic carbocycles. The van der Waals surface area contributed by atoms with Crippen molar-refractivity contribution < 1.29 is 9.18 Å². The van der Waals surface area contributed by atoms with E-state index in [2.05, 4.69) is 15.5 Å². The smallest absolute Gasteiger partial charge is 0.196 e. The van der Waals surface area contributed by atoms with Crippen molar-refractivity contribution in [3.05, 3.63) is 65.7 Å². The highest BCUT2D eigenvalue weighted by Gasteiger charge is 2.15. The molecule has 0 radical (unpaired) electrons. The number of Topliss-reactive ketones (excluding diaryl/α,β-unsaturated/α-hetero) is 1. The molecule has 26 heavy (non-hydrogen) atoms. The number of hydrogen-bond acceptors (Lipinski definition) is 5. The fourth-order valence-corrected chi connectivity index (χ4v) is 3.15. The molecule has 0 bridgehead atoms. The standard InChI is InChI=1S/C19H19FN4OS/c1-13-3-9-17(10-4-13)24-18(22-23-19(24)26-12-14(2)25)11-21-16-7-5-15(20)6-8-16/h3-10,21H,11-12H2,1-2H3. The Morgan fingerprint density at radius 2 is 1.81 bits per heavy atom. The van der Waals surface area contributed by atoms with Crippen molar-refractivity contribution in [2.24, 2.45) is 0 Å². The van der Waals surface area contributed by atoms with Gasteiger partial charge in [-0.1, -0.05) is 29.5 Å². The van der Waals surface area contributed by atoms with E-state index in [1.54, 1.807) is 19.1 Å². The zero-order valence-corrected chi connectivity index (χ0v) is 15.4. The van der Waals surface area contributed by atoms with Crippen molar-refractivity contribution in [3.63, 3.8) is 0 Å². The Kier molecular flexibility index (Phi) is 5.68. The van der Waals surface area contributed by atoms with E-state index in [1.807, 2.05) is 35.8 Å². The van der Waals surface area contributed by atoms with Gasteiger partial charge in [0.2, 0.25) is 0 Å². The first kappa shape index (κ1) is 18.1. The number of ketones is 1. The summed E-state index contributed by atoms with van der Waals surface area (Å²) in [5, 5.41) is 12.4. The van der Waals surface area contributed by atoms with E-state index in [9.17, 15) is 9.18 Å². The normalized spacial score (nSPS) is 10.7. The van der Waals surface area contributed by atoms with Crippen LogP contribution in [0.4, 0.5) is 10.1 Å². The van der Waals surface area contributed by atoms with Gasteiger partial charge in [0.05, 0.1) is 12.3 Å². The van der Waals surface area contributed by atoms with Crippen molar-refractivity contribution in [1.82, 2.24) is 14.8 Å². The van der Waals surface area contributed by atoms with Gasteiger partial charge in [0.1, 0.15) is 11.6 Å². The first-order valence-corrected chi connectivity index (χ1v) is 9.14. The zero-order valence-electron chi connectivity index (χ0n) is 14.6. The molecule has 7 heteroatoms. The predicted octanol–water partition coefficient (Wildman–Crippen LogP) is 4.01. The molecule has 0 saturated carbocycles. The maximum Gasteiger partial charge on any atom is 0.196 e. The fourth-order valence-electron chi connectivity index (χ4n) is 2.38. The van der Waals surface area contributed by atoms with Crippen LogP contribution in [-0.2, 0) is 11.3 Å². The minimum Gasteiger partial charge on any atom is -0.378 e. The number of hydrogen-bond donors (Lipinski definition) is 1. The Morgan fingerprint density at radius 1 is 1.12 bits per heavy atom. The van der Waals surface area contributed by atoms with E-state index in [0.29, 0.717) is 23.3 Å². The highest BCUT2D eigenvalue weighted by atomic mass is 32.2. The summed E-state index contributed by atoms with van der Waals surface area (Å²) in [4.78, 5) is 11.3. The van der Waals surface area contributed by atoms with Crippen molar-refractivity contribution in [2.45, 2.75) is 25.5 Å². The molecule has 0 spiro atoms. The number of nitrogens with one attached hydrogen (secondary N) is 1. The molecule has 0 amide bonds. The summed E-state index contributed by atoms with van der Waals surface area (Å²) in [7, 11) is 0. The molecule has 3 rings (SSSR count). The molecule has 3 aromatic rings. The van der Waals surface area contributed by atoms with E-state index in [-0.39, 0.29) is 11.6 Å². The second-order valence-corrected chi connectivity index (χ2v) is 6.86. The van der Waals surface area contributed by atoms with Crippen LogP contribution in [0.3, 0.4) is 0 Å². The Bertz CT molecular complexity index is 891. The van der Waals surface area contributed by atoms with Crippen molar-refractivity contribution in [2.75, 3.05) is 11.1 Å². The summed E-state index contributed by atoms with van der Waals surface area (Å²) in [5.41, 5.74) is 2.89. The van der Waals surface area contributed by atoms with Crippen LogP contribution in [0.1, 0.15) is 18.3 Å². The second kappa shape index (κ2) is 8.14. The monoisotopic (exact) mass is 370 g/mol. The van der Waals surface area contributed by atoms with Crippen LogP contribution in [0.15, 0.2) is 53.7 Å². The minimum atomic E-state index is -0.277. The van der Waals surface area contributed by atoms with Gasteiger partial charge in [0, 0.05) is 11.4 Å². The summed E-state index contributed by atoms with van der Waals surface area (Å²) in [6.45, 7) is 4.00. The average Bonchev–Trinajstić information content (AvgIpc) is 3.03.